The molecule has 0 atom stereocenters. The second-order valence-corrected chi connectivity index (χ2v) is 19.0. The molecule has 16 rings (SSSR count). The van der Waals surface area contributed by atoms with E-state index in [0.29, 0.717) is 23.0 Å². The third kappa shape index (κ3) is 5.31. The van der Waals surface area contributed by atoms with E-state index in [1.807, 2.05) is 78.9 Å². The normalized spacial score (nSPS) is 12.4. The first-order valence-corrected chi connectivity index (χ1v) is 24.4. The van der Waals surface area contributed by atoms with Crippen LogP contribution in [0.25, 0.3) is 128 Å². The lowest BCUT2D eigenvalue weighted by molar-refractivity contribution is 1.06. The first-order valence-electron chi connectivity index (χ1n) is 24.4. The molecule has 2 aliphatic heterocycles. The Morgan fingerprint density at radius 2 is 0.833 bits per heavy atom. The summed E-state index contributed by atoms with van der Waals surface area (Å²) in [5.41, 5.74) is 19.6. The number of rotatable bonds is 5. The fraction of sp³-hybridized carbons (Fsp3) is 0. The Hall–Kier alpha value is -9.84. The maximum atomic E-state index is 10.4. The molecule has 0 saturated heterocycles. The fourth-order valence-corrected chi connectivity index (χ4v) is 12.3. The van der Waals surface area contributed by atoms with Gasteiger partial charge < -0.3 is 13.7 Å². The largest absolute Gasteiger partial charge is 0.310 e. The van der Waals surface area contributed by atoms with Gasteiger partial charge in [0.15, 0.2) is 17.5 Å². The monoisotopic (exact) mass is 913 g/mol. The van der Waals surface area contributed by atoms with Gasteiger partial charge in [0.1, 0.15) is 0 Å². The first kappa shape index (κ1) is 39.1. The molecule has 0 radical (unpaired) electrons. The number of fused-ring (bicyclic) bond motifs is 13. The van der Waals surface area contributed by atoms with Crippen LogP contribution in [0.4, 0.5) is 0 Å². The Bertz CT molecular complexity index is 4510. The number of benzene rings is 10. The Morgan fingerprint density at radius 3 is 1.40 bits per heavy atom. The van der Waals surface area contributed by atoms with Gasteiger partial charge in [-0.25, -0.2) is 15.0 Å². The molecular formula is C64H36BN7. The maximum absolute atomic E-state index is 10.4. The zero-order chi connectivity index (χ0) is 47.2. The SMILES string of the molecule is N#Cc1ccc(-n2c3ccccc3c3cc(-c4cc5c6c(c4)-n4c7ccccc7c7cccc(c74)B6c4cccc6c7ccccc7n-5c46)ccc32)c(-c2nc(-c3ccccc3)nc(-c3ccccc3)n2)c1. The summed E-state index contributed by atoms with van der Waals surface area (Å²) in [6.45, 7) is 0.0593. The second kappa shape index (κ2) is 14.6. The van der Waals surface area contributed by atoms with Gasteiger partial charge in [-0.05, 0) is 88.2 Å². The van der Waals surface area contributed by atoms with E-state index in [1.54, 1.807) is 0 Å². The minimum Gasteiger partial charge on any atom is -0.310 e. The quantitative estimate of drug-likeness (QED) is 0.161. The van der Waals surface area contributed by atoms with E-state index in [1.165, 1.54) is 71.4 Å². The van der Waals surface area contributed by atoms with Crippen LogP contribution in [0.3, 0.4) is 0 Å². The summed E-state index contributed by atoms with van der Waals surface area (Å²) < 4.78 is 7.39. The van der Waals surface area contributed by atoms with Crippen molar-refractivity contribution in [2.75, 3.05) is 0 Å². The molecule has 7 nitrogen and oxygen atoms in total. The summed E-state index contributed by atoms with van der Waals surface area (Å²) in [7, 11) is 0. The first-order chi connectivity index (χ1) is 35.7. The Balaban J connectivity index is 0.953. The molecule has 2 aliphatic rings. The van der Waals surface area contributed by atoms with Gasteiger partial charge in [0.25, 0.3) is 6.71 Å². The van der Waals surface area contributed by atoms with Crippen molar-refractivity contribution in [3.05, 3.63) is 224 Å². The summed E-state index contributed by atoms with van der Waals surface area (Å²) in [6, 6.07) is 80.2. The van der Waals surface area contributed by atoms with Crippen LogP contribution in [-0.4, -0.2) is 35.4 Å². The van der Waals surface area contributed by atoms with Crippen molar-refractivity contribution < 1.29 is 0 Å². The van der Waals surface area contributed by atoms with Crippen LogP contribution in [0, 0.1) is 11.3 Å². The van der Waals surface area contributed by atoms with E-state index in [-0.39, 0.29) is 6.71 Å². The summed E-state index contributed by atoms with van der Waals surface area (Å²) >= 11 is 0. The molecule has 0 N–H and O–H groups in total. The molecule has 0 aliphatic carbocycles. The van der Waals surface area contributed by atoms with Crippen molar-refractivity contribution in [2.45, 2.75) is 0 Å². The van der Waals surface area contributed by atoms with Gasteiger partial charge in [-0.15, -0.1) is 0 Å². The molecule has 0 unspecified atom stereocenters. The van der Waals surface area contributed by atoms with Gasteiger partial charge in [-0.2, -0.15) is 5.26 Å². The molecule has 8 heteroatoms. The lowest BCUT2D eigenvalue weighted by Gasteiger charge is -2.34. The summed E-state index contributed by atoms with van der Waals surface area (Å²) in [4.78, 5) is 15.3. The molecular weight excluding hydrogens is 878 g/mol. The van der Waals surface area contributed by atoms with Crippen molar-refractivity contribution in [3.8, 4) is 68.4 Å². The van der Waals surface area contributed by atoms with Crippen LogP contribution >= 0.6 is 0 Å². The van der Waals surface area contributed by atoms with E-state index in [2.05, 4.69) is 159 Å². The molecule has 0 spiro atoms. The highest BCUT2D eigenvalue weighted by Crippen LogP contribution is 2.43. The third-order valence-electron chi connectivity index (χ3n) is 15.3. The lowest BCUT2D eigenvalue weighted by atomic mass is 9.34. The average Bonchev–Trinajstić information content (AvgIpc) is 4.10. The maximum Gasteiger partial charge on any atom is 0.252 e. The minimum absolute atomic E-state index is 0.0593. The van der Waals surface area contributed by atoms with E-state index >= 15 is 0 Å². The van der Waals surface area contributed by atoms with E-state index in [9.17, 15) is 5.26 Å². The van der Waals surface area contributed by atoms with Crippen LogP contribution in [0.15, 0.2) is 218 Å². The van der Waals surface area contributed by atoms with Crippen molar-refractivity contribution >= 4 is 88.5 Å². The topological polar surface area (TPSA) is 77.2 Å². The molecule has 72 heavy (non-hydrogen) atoms. The van der Waals surface area contributed by atoms with Crippen LogP contribution in [0.1, 0.15) is 5.56 Å². The molecule has 10 aromatic carbocycles. The predicted molar refractivity (Wildman–Crippen MR) is 294 cm³/mol. The van der Waals surface area contributed by atoms with Crippen molar-refractivity contribution in [1.29, 1.82) is 5.26 Å². The van der Waals surface area contributed by atoms with Crippen LogP contribution < -0.4 is 16.4 Å². The number of hydrogen-bond acceptors (Lipinski definition) is 4. The molecule has 0 saturated carbocycles. The molecule has 0 fully saturated rings. The highest BCUT2D eigenvalue weighted by Gasteiger charge is 2.41. The molecule has 0 amide bonds. The van der Waals surface area contributed by atoms with Gasteiger partial charge in [0.2, 0.25) is 0 Å². The zero-order valence-corrected chi connectivity index (χ0v) is 38.5. The number of nitriles is 1. The van der Waals surface area contributed by atoms with Gasteiger partial charge in [-0.3, -0.25) is 0 Å². The lowest BCUT2D eigenvalue weighted by Crippen LogP contribution is -2.59. The summed E-state index contributed by atoms with van der Waals surface area (Å²) in [5.74, 6) is 1.61. The molecule has 330 valence electrons. The second-order valence-electron chi connectivity index (χ2n) is 19.0. The number of nitrogens with zero attached hydrogens (tertiary/aromatic N) is 7. The molecule has 0 bridgehead atoms. The standard InChI is InChI=1S/C64H36BN7/c66-37-38-29-31-56(49(33-38)64-68-62(39-15-3-1-4-16-39)67-63(69-64)40-17-5-2-6-18-40)70-52-26-10-9-21-45(52)48-34-41(30-32-55(48)70)42-35-57-59-58(36-42)72-54-28-12-8-20-44(54)47-23-14-25-51(61(47)72)65(59)50-24-13-22-46-43-19-7-11-27-53(43)71(57)60(46)50/h1-36H. The smallest absolute Gasteiger partial charge is 0.252 e. The van der Waals surface area contributed by atoms with E-state index < -0.39 is 0 Å². The van der Waals surface area contributed by atoms with Gasteiger partial charge >= 0.3 is 0 Å². The Kier molecular flexibility index (Phi) is 7.92. The van der Waals surface area contributed by atoms with Crippen molar-refractivity contribution in [1.82, 2.24) is 28.7 Å². The van der Waals surface area contributed by atoms with Crippen LogP contribution in [0.2, 0.25) is 0 Å². The Labute approximate surface area is 412 Å². The van der Waals surface area contributed by atoms with E-state index in [0.717, 1.165) is 55.3 Å². The minimum atomic E-state index is 0.0593. The highest BCUT2D eigenvalue weighted by atomic mass is 15.1. The van der Waals surface area contributed by atoms with Gasteiger partial charge in [0, 0.05) is 71.4 Å². The Morgan fingerprint density at radius 1 is 0.347 bits per heavy atom. The zero-order valence-electron chi connectivity index (χ0n) is 38.5. The average molecular weight is 914 g/mol. The summed E-state index contributed by atoms with van der Waals surface area (Å²) in [6.07, 6.45) is 0. The van der Waals surface area contributed by atoms with Crippen LogP contribution in [-0.2, 0) is 0 Å². The van der Waals surface area contributed by atoms with Crippen molar-refractivity contribution in [3.63, 3.8) is 0 Å². The number of hydrogen-bond donors (Lipinski definition) is 0. The molecule has 4 aromatic heterocycles. The fourth-order valence-electron chi connectivity index (χ4n) is 12.3. The molecule has 14 aromatic rings. The molecule has 6 heterocycles. The highest BCUT2D eigenvalue weighted by molar-refractivity contribution is 7.00. The summed E-state index contributed by atoms with van der Waals surface area (Å²) in [5, 5.41) is 17.7. The van der Waals surface area contributed by atoms with Crippen LogP contribution in [0.5, 0.6) is 0 Å². The predicted octanol–water partition coefficient (Wildman–Crippen LogP) is 12.8. The van der Waals surface area contributed by atoms with Gasteiger partial charge in [-0.1, -0.05) is 158 Å². The number of aromatic nitrogens is 6. The van der Waals surface area contributed by atoms with Crippen molar-refractivity contribution in [2.24, 2.45) is 0 Å². The number of para-hydroxylation sites is 5. The third-order valence-corrected chi connectivity index (χ3v) is 15.3. The van der Waals surface area contributed by atoms with Gasteiger partial charge in [0.05, 0.1) is 39.4 Å². The van der Waals surface area contributed by atoms with E-state index in [4.69, 9.17) is 15.0 Å².